The van der Waals surface area contributed by atoms with Crippen molar-refractivity contribution in [1.82, 2.24) is 20.2 Å². The highest BCUT2D eigenvalue weighted by Gasteiger charge is 2.21. The summed E-state index contributed by atoms with van der Waals surface area (Å²) in [5, 5.41) is 23.0. The van der Waals surface area contributed by atoms with Crippen molar-refractivity contribution in [3.05, 3.63) is 30.3 Å². The van der Waals surface area contributed by atoms with Crippen LogP contribution in [-0.4, -0.2) is 51.0 Å². The number of tetrazole rings is 1. The van der Waals surface area contributed by atoms with Crippen LogP contribution in [0.15, 0.2) is 30.3 Å². The number of para-hydroxylation sites is 1. The number of methoxy groups -OCH3 is 1. The number of aromatic nitrogens is 4. The molecule has 8 nitrogen and oxygen atoms in total. The average molecular weight is 263 g/mol. The molecule has 19 heavy (non-hydrogen) atoms. The molecule has 0 bridgehead atoms. The third-order valence-corrected chi connectivity index (χ3v) is 2.44. The number of hydrogen-bond donors (Lipinski definition) is 2. The molecule has 1 aromatic heterocycles. The molecule has 0 amide bonds. The van der Waals surface area contributed by atoms with Crippen molar-refractivity contribution in [2.75, 3.05) is 19.0 Å². The summed E-state index contributed by atoms with van der Waals surface area (Å²) in [6.07, 6.45) is 0. The van der Waals surface area contributed by atoms with Gasteiger partial charge in [-0.05, 0) is 22.6 Å². The molecule has 0 aliphatic rings. The van der Waals surface area contributed by atoms with Crippen LogP contribution in [0.5, 0.6) is 0 Å². The summed E-state index contributed by atoms with van der Waals surface area (Å²) in [5.41, 5.74) is 0.733. The number of carbonyl (C=O) groups is 1. The van der Waals surface area contributed by atoms with E-state index in [9.17, 15) is 4.79 Å². The first kappa shape index (κ1) is 13.0. The average Bonchev–Trinajstić information content (AvgIpc) is 2.93. The van der Waals surface area contributed by atoms with Gasteiger partial charge in [-0.15, -0.1) is 0 Å². The standard InChI is InChI=1S/C11H13N5O3/c1-19-10(18)9(7-17)12-11-13-14-15-16(11)8-5-3-2-4-6-8/h2-6,9,17H,7H2,1H3,(H,12,13,15). The Bertz CT molecular complexity index is 542. The summed E-state index contributed by atoms with van der Waals surface area (Å²) in [7, 11) is 1.24. The number of hydrogen-bond acceptors (Lipinski definition) is 7. The largest absolute Gasteiger partial charge is 0.467 e. The minimum absolute atomic E-state index is 0.246. The predicted molar refractivity (Wildman–Crippen MR) is 65.7 cm³/mol. The SMILES string of the molecule is COC(=O)C(CO)Nc1nnnn1-c1ccccc1. The molecule has 0 fully saturated rings. The zero-order valence-corrected chi connectivity index (χ0v) is 10.2. The van der Waals surface area contributed by atoms with Crippen molar-refractivity contribution in [3.63, 3.8) is 0 Å². The van der Waals surface area contributed by atoms with E-state index < -0.39 is 18.6 Å². The number of carbonyl (C=O) groups excluding carboxylic acids is 1. The van der Waals surface area contributed by atoms with Gasteiger partial charge in [0.1, 0.15) is 0 Å². The number of aliphatic hydroxyl groups excluding tert-OH is 1. The number of nitrogens with zero attached hydrogens (tertiary/aromatic N) is 4. The van der Waals surface area contributed by atoms with Crippen LogP contribution in [0.2, 0.25) is 0 Å². The molecule has 8 heteroatoms. The van der Waals surface area contributed by atoms with Crippen molar-refractivity contribution >= 4 is 11.9 Å². The smallest absolute Gasteiger partial charge is 0.330 e. The molecule has 1 atom stereocenters. The second-order valence-electron chi connectivity index (χ2n) is 3.65. The van der Waals surface area contributed by atoms with Crippen LogP contribution < -0.4 is 5.32 Å². The molecule has 1 aromatic carbocycles. The van der Waals surface area contributed by atoms with Gasteiger partial charge in [-0.1, -0.05) is 23.3 Å². The Kier molecular flexibility index (Phi) is 4.04. The highest BCUT2D eigenvalue weighted by Crippen LogP contribution is 2.11. The van der Waals surface area contributed by atoms with E-state index in [2.05, 4.69) is 25.6 Å². The Hall–Kier alpha value is -2.48. The fourth-order valence-corrected chi connectivity index (χ4v) is 1.50. The molecule has 0 saturated carbocycles. The van der Waals surface area contributed by atoms with Gasteiger partial charge in [-0.25, -0.2) is 4.79 Å². The molecule has 0 aliphatic carbocycles. The number of esters is 1. The summed E-state index contributed by atoms with van der Waals surface area (Å²) >= 11 is 0. The Morgan fingerprint density at radius 2 is 2.21 bits per heavy atom. The van der Waals surface area contributed by atoms with Crippen molar-refractivity contribution in [1.29, 1.82) is 0 Å². The summed E-state index contributed by atoms with van der Waals surface area (Å²) < 4.78 is 5.98. The van der Waals surface area contributed by atoms with Crippen LogP contribution in [0.25, 0.3) is 5.69 Å². The molecule has 0 radical (unpaired) electrons. The number of aliphatic hydroxyl groups is 1. The van der Waals surface area contributed by atoms with Crippen LogP contribution >= 0.6 is 0 Å². The van der Waals surface area contributed by atoms with Gasteiger partial charge in [0.25, 0.3) is 0 Å². The number of nitrogens with one attached hydrogen (secondary N) is 1. The molecule has 1 heterocycles. The van der Waals surface area contributed by atoms with Crippen molar-refractivity contribution in [3.8, 4) is 5.69 Å². The highest BCUT2D eigenvalue weighted by atomic mass is 16.5. The second kappa shape index (κ2) is 5.91. The normalized spacial score (nSPS) is 11.9. The monoisotopic (exact) mass is 263 g/mol. The van der Waals surface area contributed by atoms with Crippen molar-refractivity contribution < 1.29 is 14.6 Å². The zero-order valence-electron chi connectivity index (χ0n) is 10.2. The maximum atomic E-state index is 11.4. The quantitative estimate of drug-likeness (QED) is 0.708. The highest BCUT2D eigenvalue weighted by molar-refractivity contribution is 5.78. The Morgan fingerprint density at radius 3 is 2.84 bits per heavy atom. The maximum absolute atomic E-state index is 11.4. The summed E-state index contributed by atoms with van der Waals surface area (Å²) in [4.78, 5) is 11.4. The van der Waals surface area contributed by atoms with Crippen molar-refractivity contribution in [2.24, 2.45) is 0 Å². The fourth-order valence-electron chi connectivity index (χ4n) is 1.50. The fraction of sp³-hybridized carbons (Fsp3) is 0.273. The topological polar surface area (TPSA) is 102 Å². The Morgan fingerprint density at radius 1 is 1.47 bits per heavy atom. The van der Waals surface area contributed by atoms with Crippen LogP contribution in [0.4, 0.5) is 5.95 Å². The van der Waals surface area contributed by atoms with Gasteiger partial charge < -0.3 is 15.2 Å². The van der Waals surface area contributed by atoms with Crippen molar-refractivity contribution in [2.45, 2.75) is 6.04 Å². The van der Waals surface area contributed by atoms with Crippen LogP contribution in [-0.2, 0) is 9.53 Å². The molecule has 2 N–H and O–H groups in total. The lowest BCUT2D eigenvalue weighted by Crippen LogP contribution is -2.35. The van der Waals surface area contributed by atoms with E-state index in [4.69, 9.17) is 5.11 Å². The first-order valence-corrected chi connectivity index (χ1v) is 5.55. The summed E-state index contributed by atoms with van der Waals surface area (Å²) in [6.45, 7) is -0.422. The molecule has 1 unspecified atom stereocenters. The predicted octanol–water partition coefficient (Wildman–Crippen LogP) is -0.392. The van der Waals surface area contributed by atoms with E-state index in [-0.39, 0.29) is 5.95 Å². The Labute approximate surface area is 109 Å². The van der Waals surface area contributed by atoms with E-state index in [1.165, 1.54) is 11.8 Å². The van der Waals surface area contributed by atoms with Gasteiger partial charge in [-0.3, -0.25) is 0 Å². The number of rotatable bonds is 5. The van der Waals surface area contributed by atoms with Gasteiger partial charge >= 0.3 is 5.97 Å². The number of benzene rings is 1. The molecule has 0 saturated heterocycles. The van der Waals surface area contributed by atoms with Gasteiger partial charge in [0, 0.05) is 0 Å². The lowest BCUT2D eigenvalue weighted by molar-refractivity contribution is -0.142. The molecule has 0 spiro atoms. The lowest BCUT2D eigenvalue weighted by Gasteiger charge is -2.14. The summed E-state index contributed by atoms with van der Waals surface area (Å²) in [5.74, 6) is -0.347. The zero-order chi connectivity index (χ0) is 13.7. The van der Waals surface area contributed by atoms with Crippen LogP contribution in [0, 0.1) is 0 Å². The minimum Gasteiger partial charge on any atom is -0.467 e. The molecule has 2 aromatic rings. The Balaban J connectivity index is 2.23. The van der Waals surface area contributed by atoms with E-state index in [1.54, 1.807) is 0 Å². The van der Waals surface area contributed by atoms with E-state index in [0.717, 1.165) is 5.69 Å². The maximum Gasteiger partial charge on any atom is 0.330 e. The van der Waals surface area contributed by atoms with Gasteiger partial charge in [0.2, 0.25) is 5.95 Å². The van der Waals surface area contributed by atoms with E-state index in [1.807, 2.05) is 30.3 Å². The second-order valence-corrected chi connectivity index (χ2v) is 3.65. The van der Waals surface area contributed by atoms with E-state index in [0.29, 0.717) is 0 Å². The number of ether oxygens (including phenoxy) is 1. The van der Waals surface area contributed by atoms with Gasteiger partial charge in [-0.2, -0.15) is 4.68 Å². The first-order valence-electron chi connectivity index (χ1n) is 5.55. The van der Waals surface area contributed by atoms with Crippen LogP contribution in [0.1, 0.15) is 0 Å². The first-order chi connectivity index (χ1) is 9.26. The van der Waals surface area contributed by atoms with Gasteiger partial charge in [0.15, 0.2) is 6.04 Å². The molecular formula is C11H13N5O3. The van der Waals surface area contributed by atoms with E-state index >= 15 is 0 Å². The van der Waals surface area contributed by atoms with Crippen LogP contribution in [0.3, 0.4) is 0 Å². The molecule has 100 valence electrons. The summed E-state index contributed by atoms with van der Waals surface area (Å²) in [6, 6.07) is 8.25. The third-order valence-electron chi connectivity index (χ3n) is 2.44. The lowest BCUT2D eigenvalue weighted by atomic mass is 10.3. The molecule has 0 aliphatic heterocycles. The van der Waals surface area contributed by atoms with Gasteiger partial charge in [0.05, 0.1) is 19.4 Å². The third kappa shape index (κ3) is 2.86. The molecule has 2 rings (SSSR count). The molecular weight excluding hydrogens is 250 g/mol. The minimum atomic E-state index is -0.918. The number of anilines is 1.